The van der Waals surface area contributed by atoms with Gasteiger partial charge in [0, 0.05) is 6.07 Å². The minimum Gasteiger partial charge on any atom is -0.319 e. The maximum Gasteiger partial charge on any atom is 0.278 e. The summed E-state index contributed by atoms with van der Waals surface area (Å²) in [6.45, 7) is 0. The average molecular weight is 267 g/mol. The fourth-order valence-electron chi connectivity index (χ4n) is 2.05. The fraction of sp³-hybridized carbons (Fsp3) is 0. The van der Waals surface area contributed by atoms with Crippen LogP contribution in [0.3, 0.4) is 0 Å². The molecule has 1 N–H and O–H groups in total. The van der Waals surface area contributed by atoms with Crippen LogP contribution in [-0.2, 0) is 0 Å². The Labute approximate surface area is 112 Å². The second-order valence-electron chi connectivity index (χ2n) is 4.21. The highest BCUT2D eigenvalue weighted by Crippen LogP contribution is 2.26. The van der Waals surface area contributed by atoms with Crippen LogP contribution in [0.4, 0.5) is 5.69 Å². The van der Waals surface area contributed by atoms with Gasteiger partial charge in [0.05, 0.1) is 21.5 Å². The van der Waals surface area contributed by atoms with E-state index in [1.807, 2.05) is 0 Å². The molecule has 0 amide bonds. The monoisotopic (exact) mass is 267 g/mol. The zero-order valence-electron chi connectivity index (χ0n) is 10.2. The first-order chi connectivity index (χ1) is 9.66. The van der Waals surface area contributed by atoms with Crippen molar-refractivity contribution in [3.05, 3.63) is 69.0 Å². The molecule has 0 spiro atoms. The number of rotatable bonds is 2. The van der Waals surface area contributed by atoms with Crippen LogP contribution in [0.5, 0.6) is 0 Å². The van der Waals surface area contributed by atoms with E-state index in [0.29, 0.717) is 11.0 Å². The van der Waals surface area contributed by atoms with Gasteiger partial charge in [-0.3, -0.25) is 14.9 Å². The van der Waals surface area contributed by atoms with Crippen molar-refractivity contribution in [1.82, 2.24) is 9.97 Å². The third-order valence-electron chi connectivity index (χ3n) is 2.96. The number of nitro benzene ring substituents is 1. The van der Waals surface area contributed by atoms with Crippen molar-refractivity contribution >= 4 is 16.7 Å². The Balaban J connectivity index is 2.33. The van der Waals surface area contributed by atoms with E-state index in [1.165, 1.54) is 12.1 Å². The Morgan fingerprint density at radius 3 is 2.55 bits per heavy atom. The van der Waals surface area contributed by atoms with E-state index in [9.17, 15) is 14.9 Å². The zero-order chi connectivity index (χ0) is 14.1. The highest BCUT2D eigenvalue weighted by Gasteiger charge is 2.18. The van der Waals surface area contributed by atoms with E-state index in [1.54, 1.807) is 36.4 Å². The molecular formula is C14H9N3O3. The molecule has 1 aromatic heterocycles. The topological polar surface area (TPSA) is 88.9 Å². The Morgan fingerprint density at radius 2 is 1.75 bits per heavy atom. The number of hydrogen-bond donors (Lipinski definition) is 1. The van der Waals surface area contributed by atoms with Crippen LogP contribution in [0.15, 0.2) is 53.3 Å². The third-order valence-corrected chi connectivity index (χ3v) is 2.96. The summed E-state index contributed by atoms with van der Waals surface area (Å²) in [6, 6.07) is 13.1. The fourth-order valence-corrected chi connectivity index (χ4v) is 2.05. The Morgan fingerprint density at radius 1 is 1.05 bits per heavy atom. The van der Waals surface area contributed by atoms with E-state index < -0.39 is 10.5 Å². The van der Waals surface area contributed by atoms with Gasteiger partial charge >= 0.3 is 0 Å². The van der Waals surface area contributed by atoms with Crippen LogP contribution in [0.25, 0.3) is 22.3 Å². The SMILES string of the molecule is O=c1[nH]c2ccccc2nc1-c1ccccc1[N+](=O)[O-]. The van der Waals surface area contributed by atoms with Gasteiger partial charge in [-0.1, -0.05) is 24.3 Å². The minimum atomic E-state index is -0.522. The second-order valence-corrected chi connectivity index (χ2v) is 4.21. The zero-order valence-corrected chi connectivity index (χ0v) is 10.2. The van der Waals surface area contributed by atoms with Crippen LogP contribution in [0.1, 0.15) is 0 Å². The summed E-state index contributed by atoms with van der Waals surface area (Å²) in [4.78, 5) is 29.5. The number of fused-ring (bicyclic) bond motifs is 1. The molecule has 0 radical (unpaired) electrons. The Hall–Kier alpha value is -3.02. The Bertz CT molecular complexity index is 871. The lowest BCUT2D eigenvalue weighted by atomic mass is 10.1. The van der Waals surface area contributed by atoms with Gasteiger partial charge in [-0.05, 0) is 18.2 Å². The smallest absolute Gasteiger partial charge is 0.278 e. The van der Waals surface area contributed by atoms with Crippen molar-refractivity contribution in [2.24, 2.45) is 0 Å². The molecule has 0 saturated heterocycles. The number of para-hydroxylation sites is 3. The molecule has 0 saturated carbocycles. The average Bonchev–Trinajstić information content (AvgIpc) is 2.46. The maximum atomic E-state index is 12.1. The van der Waals surface area contributed by atoms with E-state index in [4.69, 9.17) is 0 Å². The first-order valence-electron chi connectivity index (χ1n) is 5.89. The predicted octanol–water partition coefficient (Wildman–Crippen LogP) is 2.50. The summed E-state index contributed by atoms with van der Waals surface area (Å²) < 4.78 is 0. The number of benzene rings is 2. The lowest BCUT2D eigenvalue weighted by Gasteiger charge is -2.03. The molecule has 2 aromatic carbocycles. The second kappa shape index (κ2) is 4.58. The van der Waals surface area contributed by atoms with Gasteiger partial charge in [-0.15, -0.1) is 0 Å². The Kier molecular flexibility index (Phi) is 2.76. The summed E-state index contributed by atoms with van der Waals surface area (Å²) in [5, 5.41) is 11.0. The van der Waals surface area contributed by atoms with Crippen LogP contribution < -0.4 is 5.56 Å². The van der Waals surface area contributed by atoms with Gasteiger partial charge in [0.2, 0.25) is 0 Å². The van der Waals surface area contributed by atoms with Crippen LogP contribution in [0, 0.1) is 10.1 Å². The molecule has 0 atom stereocenters. The van der Waals surface area contributed by atoms with Crippen molar-refractivity contribution in [1.29, 1.82) is 0 Å². The largest absolute Gasteiger partial charge is 0.319 e. The van der Waals surface area contributed by atoms with Gasteiger partial charge in [-0.2, -0.15) is 0 Å². The van der Waals surface area contributed by atoms with Crippen molar-refractivity contribution in [2.75, 3.05) is 0 Å². The molecule has 3 rings (SSSR count). The number of H-pyrrole nitrogens is 1. The normalized spacial score (nSPS) is 10.6. The van der Waals surface area contributed by atoms with Crippen LogP contribution in [0.2, 0.25) is 0 Å². The van der Waals surface area contributed by atoms with Crippen LogP contribution >= 0.6 is 0 Å². The molecule has 3 aromatic rings. The van der Waals surface area contributed by atoms with E-state index in [2.05, 4.69) is 9.97 Å². The van der Waals surface area contributed by atoms with Gasteiger partial charge < -0.3 is 4.98 Å². The molecule has 6 heteroatoms. The number of nitrogens with one attached hydrogen (secondary N) is 1. The van der Waals surface area contributed by atoms with E-state index in [0.717, 1.165) is 0 Å². The summed E-state index contributed by atoms with van der Waals surface area (Å²) in [5.41, 5.74) is 0.861. The maximum absolute atomic E-state index is 12.1. The van der Waals surface area contributed by atoms with Gasteiger partial charge in [0.1, 0.15) is 5.69 Å². The third kappa shape index (κ3) is 1.93. The minimum absolute atomic E-state index is 0.0519. The predicted molar refractivity (Wildman–Crippen MR) is 74.5 cm³/mol. The van der Waals surface area contributed by atoms with Crippen molar-refractivity contribution < 1.29 is 4.92 Å². The van der Waals surface area contributed by atoms with E-state index >= 15 is 0 Å². The number of nitro groups is 1. The van der Waals surface area contributed by atoms with Crippen molar-refractivity contribution in [3.63, 3.8) is 0 Å². The number of aromatic nitrogens is 2. The van der Waals surface area contributed by atoms with Crippen molar-refractivity contribution in [3.8, 4) is 11.3 Å². The molecule has 98 valence electrons. The molecule has 0 bridgehead atoms. The molecule has 0 aliphatic heterocycles. The van der Waals surface area contributed by atoms with Crippen molar-refractivity contribution in [2.45, 2.75) is 0 Å². The summed E-state index contributed by atoms with van der Waals surface area (Å²) >= 11 is 0. The number of aromatic amines is 1. The first kappa shape index (κ1) is 12.0. The summed E-state index contributed by atoms with van der Waals surface area (Å²) in [5.74, 6) is 0. The highest BCUT2D eigenvalue weighted by molar-refractivity contribution is 5.79. The molecule has 0 fully saturated rings. The van der Waals surface area contributed by atoms with Crippen LogP contribution in [-0.4, -0.2) is 14.9 Å². The quantitative estimate of drug-likeness (QED) is 0.570. The summed E-state index contributed by atoms with van der Waals surface area (Å²) in [6.07, 6.45) is 0. The molecule has 6 nitrogen and oxygen atoms in total. The molecule has 0 unspecified atom stereocenters. The lowest BCUT2D eigenvalue weighted by Crippen LogP contribution is -2.12. The first-order valence-corrected chi connectivity index (χ1v) is 5.89. The van der Waals surface area contributed by atoms with Gasteiger partial charge in [0.25, 0.3) is 11.2 Å². The molecule has 20 heavy (non-hydrogen) atoms. The number of hydrogen-bond acceptors (Lipinski definition) is 4. The summed E-state index contributed by atoms with van der Waals surface area (Å²) in [7, 11) is 0. The molecule has 0 aliphatic rings. The standard InChI is InChI=1S/C14H9N3O3/c18-14-13(9-5-1-4-8-12(9)17(19)20)15-10-6-2-3-7-11(10)16-14/h1-8H,(H,16,18). The molecule has 1 heterocycles. The van der Waals surface area contributed by atoms with Gasteiger partial charge in [-0.25, -0.2) is 4.98 Å². The molecular weight excluding hydrogens is 258 g/mol. The van der Waals surface area contributed by atoms with E-state index in [-0.39, 0.29) is 16.9 Å². The van der Waals surface area contributed by atoms with Gasteiger partial charge in [0.15, 0.2) is 0 Å². The number of nitrogens with zero attached hydrogens (tertiary/aromatic N) is 2. The highest BCUT2D eigenvalue weighted by atomic mass is 16.6. The molecule has 0 aliphatic carbocycles. The lowest BCUT2D eigenvalue weighted by molar-refractivity contribution is -0.384.